The summed E-state index contributed by atoms with van der Waals surface area (Å²) in [5.74, 6) is -2.43. The third-order valence-corrected chi connectivity index (χ3v) is 1.55. The Morgan fingerprint density at radius 1 is 1.54 bits per heavy atom. The van der Waals surface area contributed by atoms with E-state index < -0.39 is 17.3 Å². The predicted molar refractivity (Wildman–Crippen MR) is 42.0 cm³/mol. The van der Waals surface area contributed by atoms with Crippen LogP contribution in [0.3, 0.4) is 0 Å². The molecule has 0 radical (unpaired) electrons. The van der Waals surface area contributed by atoms with Crippen molar-refractivity contribution < 1.29 is 13.5 Å². The number of halogens is 2. The molecular formula is C8H6F2N2O. The van der Waals surface area contributed by atoms with Crippen LogP contribution in [0.5, 0.6) is 5.75 Å². The molecule has 1 aromatic rings. The number of nitriles is 1. The Kier molecular flexibility index (Phi) is 2.33. The minimum Gasteiger partial charge on any atom is -0.495 e. The average molecular weight is 184 g/mol. The fraction of sp³-hybridized carbons (Fsp3) is 0.125. The fourth-order valence-electron chi connectivity index (χ4n) is 0.898. The zero-order chi connectivity index (χ0) is 10.0. The Morgan fingerprint density at radius 3 is 2.62 bits per heavy atom. The molecule has 0 unspecified atom stereocenters. The first-order chi connectivity index (χ1) is 6.11. The topological polar surface area (TPSA) is 59.0 Å². The van der Waals surface area contributed by atoms with E-state index in [1.807, 2.05) is 0 Å². The molecule has 0 fully saturated rings. The standard InChI is InChI=1S/C8H6F2N2O/c1-13-6-2-5(9)7(10)8(12)4(6)3-11/h2H,12H2,1H3. The second kappa shape index (κ2) is 3.27. The van der Waals surface area contributed by atoms with E-state index in [4.69, 9.17) is 11.0 Å². The molecule has 0 saturated carbocycles. The third-order valence-electron chi connectivity index (χ3n) is 1.55. The highest BCUT2D eigenvalue weighted by Crippen LogP contribution is 2.28. The number of rotatable bonds is 1. The van der Waals surface area contributed by atoms with Gasteiger partial charge in [0.1, 0.15) is 17.4 Å². The molecule has 13 heavy (non-hydrogen) atoms. The van der Waals surface area contributed by atoms with Gasteiger partial charge in [0.15, 0.2) is 11.6 Å². The normalized spacial score (nSPS) is 9.38. The highest BCUT2D eigenvalue weighted by molar-refractivity contribution is 5.62. The molecule has 0 saturated heterocycles. The van der Waals surface area contributed by atoms with Crippen LogP contribution in [0.4, 0.5) is 14.5 Å². The number of methoxy groups -OCH3 is 1. The van der Waals surface area contributed by atoms with Crippen molar-refractivity contribution in [3.8, 4) is 11.8 Å². The number of anilines is 1. The summed E-state index contributed by atoms with van der Waals surface area (Å²) >= 11 is 0. The van der Waals surface area contributed by atoms with Crippen LogP contribution in [-0.4, -0.2) is 7.11 Å². The molecule has 2 N–H and O–H groups in total. The van der Waals surface area contributed by atoms with Crippen molar-refractivity contribution in [3.05, 3.63) is 23.3 Å². The summed E-state index contributed by atoms with van der Waals surface area (Å²) < 4.78 is 30.1. The zero-order valence-electron chi connectivity index (χ0n) is 6.77. The van der Waals surface area contributed by atoms with Gasteiger partial charge in [0, 0.05) is 6.07 Å². The molecule has 0 amide bonds. The summed E-state index contributed by atoms with van der Waals surface area (Å²) in [5.41, 5.74) is 4.43. The molecule has 0 aromatic heterocycles. The van der Waals surface area contributed by atoms with Crippen molar-refractivity contribution in [3.63, 3.8) is 0 Å². The first kappa shape index (κ1) is 9.26. The quantitative estimate of drug-likeness (QED) is 0.671. The Hall–Kier alpha value is -1.83. The number of hydrogen-bond acceptors (Lipinski definition) is 3. The van der Waals surface area contributed by atoms with E-state index in [2.05, 4.69) is 4.74 Å². The van der Waals surface area contributed by atoms with Crippen LogP contribution < -0.4 is 10.5 Å². The molecule has 0 spiro atoms. The van der Waals surface area contributed by atoms with Crippen molar-refractivity contribution in [1.29, 1.82) is 5.26 Å². The van der Waals surface area contributed by atoms with E-state index in [1.54, 1.807) is 6.07 Å². The van der Waals surface area contributed by atoms with Crippen molar-refractivity contribution in [2.45, 2.75) is 0 Å². The van der Waals surface area contributed by atoms with Gasteiger partial charge < -0.3 is 10.5 Å². The predicted octanol–water partition coefficient (Wildman–Crippen LogP) is 1.43. The summed E-state index contributed by atoms with van der Waals surface area (Å²) in [6.07, 6.45) is 0. The molecule has 68 valence electrons. The van der Waals surface area contributed by atoms with Crippen LogP contribution in [0, 0.1) is 23.0 Å². The van der Waals surface area contributed by atoms with Gasteiger partial charge in [-0.15, -0.1) is 0 Å². The van der Waals surface area contributed by atoms with Crippen molar-refractivity contribution in [2.24, 2.45) is 0 Å². The molecular weight excluding hydrogens is 178 g/mol. The van der Waals surface area contributed by atoms with Gasteiger partial charge in [0.2, 0.25) is 0 Å². The van der Waals surface area contributed by atoms with Crippen LogP contribution in [0.1, 0.15) is 5.56 Å². The third kappa shape index (κ3) is 1.38. The fourth-order valence-corrected chi connectivity index (χ4v) is 0.898. The molecule has 0 aliphatic rings. The van der Waals surface area contributed by atoms with E-state index in [9.17, 15) is 8.78 Å². The number of nitrogens with two attached hydrogens (primary N) is 1. The molecule has 3 nitrogen and oxygen atoms in total. The second-order valence-electron chi connectivity index (χ2n) is 2.28. The Morgan fingerprint density at radius 2 is 2.15 bits per heavy atom. The first-order valence-electron chi connectivity index (χ1n) is 3.33. The minimum atomic E-state index is -1.22. The lowest BCUT2D eigenvalue weighted by Gasteiger charge is -2.06. The number of nitrogen functional groups attached to an aromatic ring is 1. The lowest BCUT2D eigenvalue weighted by atomic mass is 10.1. The average Bonchev–Trinajstić information content (AvgIpc) is 2.13. The molecule has 0 atom stereocenters. The van der Waals surface area contributed by atoms with E-state index >= 15 is 0 Å². The summed E-state index contributed by atoms with van der Waals surface area (Å²) in [7, 11) is 1.24. The van der Waals surface area contributed by atoms with Crippen molar-refractivity contribution in [2.75, 3.05) is 12.8 Å². The molecule has 1 aromatic carbocycles. The molecule has 0 aliphatic carbocycles. The molecule has 0 heterocycles. The number of hydrogen-bond donors (Lipinski definition) is 1. The summed E-state index contributed by atoms with van der Waals surface area (Å²) in [6.45, 7) is 0. The second-order valence-corrected chi connectivity index (χ2v) is 2.28. The van der Waals surface area contributed by atoms with Crippen LogP contribution in [-0.2, 0) is 0 Å². The minimum absolute atomic E-state index is 0.0705. The van der Waals surface area contributed by atoms with Crippen LogP contribution in [0.2, 0.25) is 0 Å². The highest BCUT2D eigenvalue weighted by Gasteiger charge is 2.16. The van der Waals surface area contributed by atoms with Gasteiger partial charge in [-0.1, -0.05) is 0 Å². The molecule has 1 rings (SSSR count). The molecule has 0 aliphatic heterocycles. The number of ether oxygens (including phenoxy) is 1. The van der Waals surface area contributed by atoms with Crippen LogP contribution in [0.15, 0.2) is 6.07 Å². The van der Waals surface area contributed by atoms with Gasteiger partial charge in [0.05, 0.1) is 12.8 Å². The maximum absolute atomic E-state index is 12.8. The van der Waals surface area contributed by atoms with Gasteiger partial charge in [-0.2, -0.15) is 5.26 Å². The van der Waals surface area contributed by atoms with Crippen molar-refractivity contribution >= 4 is 5.69 Å². The zero-order valence-corrected chi connectivity index (χ0v) is 6.77. The maximum atomic E-state index is 12.8. The smallest absolute Gasteiger partial charge is 0.183 e. The van der Waals surface area contributed by atoms with Crippen LogP contribution in [0.25, 0.3) is 0 Å². The maximum Gasteiger partial charge on any atom is 0.183 e. The molecule has 0 bridgehead atoms. The Labute approximate surface area is 73.3 Å². The van der Waals surface area contributed by atoms with Gasteiger partial charge >= 0.3 is 0 Å². The van der Waals surface area contributed by atoms with E-state index in [0.717, 1.165) is 6.07 Å². The van der Waals surface area contributed by atoms with Gasteiger partial charge in [-0.05, 0) is 0 Å². The number of benzene rings is 1. The Bertz CT molecular complexity index is 385. The van der Waals surface area contributed by atoms with Gasteiger partial charge in [-0.25, -0.2) is 8.78 Å². The lowest BCUT2D eigenvalue weighted by Crippen LogP contribution is -2.01. The van der Waals surface area contributed by atoms with E-state index in [1.165, 1.54) is 7.11 Å². The van der Waals surface area contributed by atoms with Crippen LogP contribution >= 0.6 is 0 Å². The SMILES string of the molecule is COc1cc(F)c(F)c(N)c1C#N. The Balaban J connectivity index is 3.50. The first-order valence-corrected chi connectivity index (χ1v) is 3.33. The highest BCUT2D eigenvalue weighted by atomic mass is 19.2. The van der Waals surface area contributed by atoms with Crippen molar-refractivity contribution in [1.82, 2.24) is 0 Å². The lowest BCUT2D eigenvalue weighted by molar-refractivity contribution is 0.406. The largest absolute Gasteiger partial charge is 0.495 e. The van der Waals surface area contributed by atoms with Gasteiger partial charge in [0.25, 0.3) is 0 Å². The summed E-state index contributed by atoms with van der Waals surface area (Å²) in [5, 5.41) is 8.55. The van der Waals surface area contributed by atoms with E-state index in [-0.39, 0.29) is 11.3 Å². The van der Waals surface area contributed by atoms with Gasteiger partial charge in [-0.3, -0.25) is 0 Å². The number of nitrogens with zero attached hydrogens (tertiary/aromatic N) is 1. The van der Waals surface area contributed by atoms with E-state index in [0.29, 0.717) is 0 Å². The molecule has 5 heteroatoms. The summed E-state index contributed by atoms with van der Waals surface area (Å²) in [6, 6.07) is 2.41. The summed E-state index contributed by atoms with van der Waals surface area (Å²) in [4.78, 5) is 0. The monoisotopic (exact) mass is 184 g/mol.